The number of carbonyl (C=O) groups is 1. The van der Waals surface area contributed by atoms with Gasteiger partial charge in [0.1, 0.15) is 6.61 Å². The zero-order valence-corrected chi connectivity index (χ0v) is 12.2. The molecule has 1 aliphatic heterocycles. The number of halogens is 2. The van der Waals surface area contributed by atoms with Crippen molar-refractivity contribution in [2.45, 2.75) is 29.6 Å². The molecule has 1 aromatic carbocycles. The maximum Gasteiger partial charge on any atom is 0.288 e. The van der Waals surface area contributed by atoms with E-state index in [2.05, 4.69) is 5.32 Å². The summed E-state index contributed by atoms with van der Waals surface area (Å²) in [6.45, 7) is 0.993. The Labute approximate surface area is 126 Å². The predicted molar refractivity (Wildman–Crippen MR) is 76.7 cm³/mol. The van der Waals surface area contributed by atoms with Crippen LogP contribution in [0.25, 0.3) is 0 Å². The zero-order valence-electron chi connectivity index (χ0n) is 11.4. The second kappa shape index (κ2) is 8.31. The molecule has 1 unspecified atom stereocenters. The molecule has 4 nitrogen and oxygen atoms in total. The second-order valence-electron chi connectivity index (χ2n) is 4.57. The van der Waals surface area contributed by atoms with Gasteiger partial charge >= 0.3 is 0 Å². The summed E-state index contributed by atoms with van der Waals surface area (Å²) in [5.74, 6) is -2.89. The summed E-state index contributed by atoms with van der Waals surface area (Å²) in [6.07, 6.45) is 2.01. The smallest absolute Gasteiger partial charge is 0.288 e. The van der Waals surface area contributed by atoms with E-state index in [9.17, 15) is 13.6 Å². The Morgan fingerprint density at radius 1 is 1.48 bits per heavy atom. The van der Waals surface area contributed by atoms with Crippen LogP contribution in [0.1, 0.15) is 12.8 Å². The zero-order chi connectivity index (χ0) is 15.1. The minimum atomic E-state index is -2.53. The summed E-state index contributed by atoms with van der Waals surface area (Å²) in [5, 5.41) is 2.58. The Morgan fingerprint density at radius 3 is 3.00 bits per heavy atom. The van der Waals surface area contributed by atoms with Crippen LogP contribution in [0, 0.1) is 0 Å². The predicted octanol–water partition coefficient (Wildman–Crippen LogP) is 3.14. The minimum Gasteiger partial charge on any atom is -0.376 e. The van der Waals surface area contributed by atoms with Gasteiger partial charge in [0.2, 0.25) is 5.91 Å². The fraction of sp³-hybridized carbons (Fsp3) is 0.500. The molecule has 1 heterocycles. The molecule has 1 aromatic rings. The second-order valence-corrected chi connectivity index (χ2v) is 5.60. The number of benzene rings is 1. The molecule has 116 valence electrons. The van der Waals surface area contributed by atoms with Gasteiger partial charge in [-0.1, -0.05) is 23.9 Å². The largest absolute Gasteiger partial charge is 0.376 e. The van der Waals surface area contributed by atoms with Crippen LogP contribution in [0.2, 0.25) is 0 Å². The van der Waals surface area contributed by atoms with Crippen molar-refractivity contribution in [1.82, 2.24) is 0 Å². The average molecular weight is 317 g/mol. The first-order chi connectivity index (χ1) is 10.1. The number of rotatable bonds is 7. The van der Waals surface area contributed by atoms with Crippen molar-refractivity contribution in [2.24, 2.45) is 0 Å². The molecule has 21 heavy (non-hydrogen) atoms. The van der Waals surface area contributed by atoms with E-state index in [4.69, 9.17) is 9.47 Å². The van der Waals surface area contributed by atoms with Gasteiger partial charge < -0.3 is 14.8 Å². The number of hydrogen-bond donors (Lipinski definition) is 1. The third-order valence-electron chi connectivity index (χ3n) is 2.94. The van der Waals surface area contributed by atoms with Crippen molar-refractivity contribution in [3.8, 4) is 0 Å². The lowest BCUT2D eigenvalue weighted by Crippen LogP contribution is -2.22. The van der Waals surface area contributed by atoms with Crippen LogP contribution in [0.4, 0.5) is 14.5 Å². The van der Waals surface area contributed by atoms with Crippen molar-refractivity contribution < 1.29 is 23.0 Å². The van der Waals surface area contributed by atoms with Crippen molar-refractivity contribution in [2.75, 3.05) is 25.1 Å². The van der Waals surface area contributed by atoms with Gasteiger partial charge in [-0.15, -0.1) is 0 Å². The van der Waals surface area contributed by atoms with E-state index < -0.39 is 5.76 Å². The van der Waals surface area contributed by atoms with E-state index >= 15 is 0 Å². The number of amides is 1. The number of carbonyl (C=O) groups excluding carboxylic acids is 1. The van der Waals surface area contributed by atoms with E-state index in [-0.39, 0.29) is 18.6 Å². The number of hydrogen-bond acceptors (Lipinski definition) is 4. The fourth-order valence-corrected chi connectivity index (χ4v) is 2.61. The summed E-state index contributed by atoms with van der Waals surface area (Å²) in [4.78, 5) is 12.1. The highest BCUT2D eigenvalue weighted by molar-refractivity contribution is 7.99. The van der Waals surface area contributed by atoms with Gasteiger partial charge in [0, 0.05) is 11.5 Å². The van der Waals surface area contributed by atoms with Crippen molar-refractivity contribution in [3.05, 3.63) is 24.3 Å². The highest BCUT2D eigenvalue weighted by atomic mass is 32.2. The average Bonchev–Trinajstić information content (AvgIpc) is 2.93. The molecule has 1 atom stereocenters. The molecule has 0 aromatic heterocycles. The van der Waals surface area contributed by atoms with Gasteiger partial charge in [0.15, 0.2) is 0 Å². The van der Waals surface area contributed by atoms with Crippen LogP contribution in [0.15, 0.2) is 29.2 Å². The topological polar surface area (TPSA) is 47.6 Å². The first kappa shape index (κ1) is 16.2. The molecular formula is C14H17F2NO3S. The molecule has 0 spiro atoms. The maximum absolute atomic E-state index is 12.4. The van der Waals surface area contributed by atoms with E-state index in [0.29, 0.717) is 29.0 Å². The first-order valence-electron chi connectivity index (χ1n) is 6.68. The lowest BCUT2D eigenvalue weighted by atomic mass is 10.2. The maximum atomic E-state index is 12.4. The molecule has 1 amide bonds. The lowest BCUT2D eigenvalue weighted by Gasteiger charge is -2.12. The number of thioether (sulfide) groups is 1. The monoisotopic (exact) mass is 317 g/mol. The molecule has 1 N–H and O–H groups in total. The van der Waals surface area contributed by atoms with Crippen LogP contribution >= 0.6 is 11.8 Å². The Bertz CT molecular complexity index is 467. The van der Waals surface area contributed by atoms with Gasteiger partial charge in [0.25, 0.3) is 5.76 Å². The molecule has 1 fully saturated rings. The quantitative estimate of drug-likeness (QED) is 0.785. The standard InChI is InChI=1S/C14H17F2NO3S/c15-14(16)21-12-6-2-1-5-11(12)17-13(18)9-19-8-10-4-3-7-20-10/h1-2,5-6,10,14H,3-4,7-9H2,(H,17,18). The summed E-state index contributed by atoms with van der Waals surface area (Å²) < 4.78 is 35.5. The number of para-hydroxylation sites is 1. The highest BCUT2D eigenvalue weighted by Gasteiger charge is 2.16. The van der Waals surface area contributed by atoms with Gasteiger partial charge in [-0.3, -0.25) is 4.79 Å². The number of anilines is 1. The van der Waals surface area contributed by atoms with Crippen LogP contribution in [0.5, 0.6) is 0 Å². The van der Waals surface area contributed by atoms with E-state index in [0.717, 1.165) is 19.4 Å². The van der Waals surface area contributed by atoms with Gasteiger partial charge in [0.05, 0.1) is 18.4 Å². The van der Waals surface area contributed by atoms with Gasteiger partial charge in [-0.05, 0) is 25.0 Å². The Kier molecular flexibility index (Phi) is 6.41. The number of ether oxygens (including phenoxy) is 2. The molecule has 2 rings (SSSR count). The van der Waals surface area contributed by atoms with Crippen molar-refractivity contribution in [1.29, 1.82) is 0 Å². The summed E-state index contributed by atoms with van der Waals surface area (Å²) in [6, 6.07) is 6.45. The third-order valence-corrected chi connectivity index (χ3v) is 3.73. The third kappa shape index (κ3) is 5.61. The normalized spacial score (nSPS) is 18.1. The highest BCUT2D eigenvalue weighted by Crippen LogP contribution is 2.31. The number of nitrogens with one attached hydrogen (secondary N) is 1. The molecule has 0 aliphatic carbocycles. The van der Waals surface area contributed by atoms with Crippen LogP contribution in [-0.4, -0.2) is 37.6 Å². The molecule has 0 saturated carbocycles. The molecule has 1 saturated heterocycles. The fourth-order valence-electron chi connectivity index (χ4n) is 2.01. The summed E-state index contributed by atoms with van der Waals surface area (Å²) in [7, 11) is 0. The van der Waals surface area contributed by atoms with E-state index in [1.807, 2.05) is 0 Å². The summed E-state index contributed by atoms with van der Waals surface area (Å²) >= 11 is 0.402. The van der Waals surface area contributed by atoms with E-state index in [1.54, 1.807) is 24.3 Å². The Morgan fingerprint density at radius 2 is 2.29 bits per heavy atom. The van der Waals surface area contributed by atoms with E-state index in [1.165, 1.54) is 0 Å². The Hall–Kier alpha value is -1.18. The molecular weight excluding hydrogens is 300 g/mol. The van der Waals surface area contributed by atoms with Crippen LogP contribution in [0.3, 0.4) is 0 Å². The molecule has 0 bridgehead atoms. The lowest BCUT2D eigenvalue weighted by molar-refractivity contribution is -0.121. The summed E-state index contributed by atoms with van der Waals surface area (Å²) in [5.41, 5.74) is 0.369. The van der Waals surface area contributed by atoms with Crippen LogP contribution in [-0.2, 0) is 14.3 Å². The van der Waals surface area contributed by atoms with Crippen molar-refractivity contribution in [3.63, 3.8) is 0 Å². The Balaban J connectivity index is 1.78. The SMILES string of the molecule is O=C(COCC1CCCO1)Nc1ccccc1SC(F)F. The molecule has 1 aliphatic rings. The molecule has 0 radical (unpaired) electrons. The first-order valence-corrected chi connectivity index (χ1v) is 7.56. The number of alkyl halides is 2. The van der Waals surface area contributed by atoms with Crippen LogP contribution < -0.4 is 5.32 Å². The van der Waals surface area contributed by atoms with Crippen molar-refractivity contribution >= 4 is 23.4 Å². The van der Waals surface area contributed by atoms with Gasteiger partial charge in [-0.2, -0.15) is 8.78 Å². The van der Waals surface area contributed by atoms with Gasteiger partial charge in [-0.25, -0.2) is 0 Å². The minimum absolute atomic E-state index is 0.0551. The molecule has 7 heteroatoms.